The SMILES string of the molecule is Cc1ccc(CN(C(=O)CN(c2cccc([N+](=O)[O-])c2)S(C)(=O)=O)[C@H](C)C(=O)NC2CCCC2)cc1. The van der Waals surface area contributed by atoms with Crippen LogP contribution in [0.4, 0.5) is 11.4 Å². The van der Waals surface area contributed by atoms with E-state index in [2.05, 4.69) is 5.32 Å². The zero-order valence-electron chi connectivity index (χ0n) is 20.7. The number of nitrogens with zero attached hydrogens (tertiary/aromatic N) is 3. The molecule has 0 heterocycles. The van der Waals surface area contributed by atoms with Gasteiger partial charge in [-0.1, -0.05) is 48.7 Å². The van der Waals surface area contributed by atoms with Crippen LogP contribution in [0, 0.1) is 17.0 Å². The molecule has 1 fully saturated rings. The number of carbonyl (C=O) groups excluding carboxylic acids is 2. The van der Waals surface area contributed by atoms with E-state index in [4.69, 9.17) is 0 Å². The fraction of sp³-hybridized carbons (Fsp3) is 0.440. The molecule has 2 amide bonds. The minimum atomic E-state index is -3.97. The molecule has 2 aromatic carbocycles. The highest BCUT2D eigenvalue weighted by atomic mass is 32.2. The molecule has 1 saturated carbocycles. The average molecular weight is 517 g/mol. The molecule has 1 N–H and O–H groups in total. The van der Waals surface area contributed by atoms with Gasteiger partial charge >= 0.3 is 0 Å². The highest BCUT2D eigenvalue weighted by molar-refractivity contribution is 7.92. The Morgan fingerprint density at radius 2 is 1.78 bits per heavy atom. The van der Waals surface area contributed by atoms with E-state index in [0.717, 1.165) is 53.4 Å². The number of anilines is 1. The van der Waals surface area contributed by atoms with E-state index in [0.29, 0.717) is 0 Å². The molecule has 11 heteroatoms. The van der Waals surface area contributed by atoms with Gasteiger partial charge < -0.3 is 10.2 Å². The Kier molecular flexibility index (Phi) is 8.67. The highest BCUT2D eigenvalue weighted by Gasteiger charge is 2.31. The summed E-state index contributed by atoms with van der Waals surface area (Å²) in [5, 5.41) is 14.2. The van der Waals surface area contributed by atoms with Crippen molar-refractivity contribution < 1.29 is 22.9 Å². The molecular weight excluding hydrogens is 484 g/mol. The van der Waals surface area contributed by atoms with Crippen molar-refractivity contribution in [1.82, 2.24) is 10.2 Å². The molecule has 1 aliphatic rings. The number of sulfonamides is 1. The molecule has 3 rings (SSSR count). The summed E-state index contributed by atoms with van der Waals surface area (Å²) in [5.74, 6) is -0.898. The van der Waals surface area contributed by atoms with Crippen molar-refractivity contribution in [3.63, 3.8) is 0 Å². The van der Waals surface area contributed by atoms with Crippen molar-refractivity contribution in [1.29, 1.82) is 0 Å². The first-order valence-corrected chi connectivity index (χ1v) is 13.7. The van der Waals surface area contributed by atoms with Crippen LogP contribution in [0.3, 0.4) is 0 Å². The third-order valence-electron chi connectivity index (χ3n) is 6.35. The first-order chi connectivity index (χ1) is 17.0. The smallest absolute Gasteiger partial charge is 0.271 e. The summed E-state index contributed by atoms with van der Waals surface area (Å²) < 4.78 is 26.0. The molecule has 10 nitrogen and oxygen atoms in total. The molecule has 0 radical (unpaired) electrons. The summed E-state index contributed by atoms with van der Waals surface area (Å²) in [5.41, 5.74) is 1.53. The molecule has 0 aliphatic heterocycles. The van der Waals surface area contributed by atoms with Crippen molar-refractivity contribution in [2.45, 2.75) is 58.2 Å². The Morgan fingerprint density at radius 1 is 1.14 bits per heavy atom. The number of benzene rings is 2. The lowest BCUT2D eigenvalue weighted by Crippen LogP contribution is -2.52. The van der Waals surface area contributed by atoms with Crippen molar-refractivity contribution in [3.8, 4) is 0 Å². The first kappa shape index (κ1) is 27.1. The fourth-order valence-electron chi connectivity index (χ4n) is 4.24. The number of hydrogen-bond acceptors (Lipinski definition) is 6. The standard InChI is InChI=1S/C25H32N4O6S/c1-18-11-13-20(14-12-18)16-27(19(2)25(31)26-21-7-4-5-8-21)24(30)17-28(36(3,34)35)22-9-6-10-23(15-22)29(32)33/h6,9-15,19,21H,4-5,7-8,16-17H2,1-3H3,(H,26,31)/t19-/m1/s1. The maximum Gasteiger partial charge on any atom is 0.271 e. The lowest BCUT2D eigenvalue weighted by atomic mass is 10.1. The van der Waals surface area contributed by atoms with Crippen LogP contribution < -0.4 is 9.62 Å². The van der Waals surface area contributed by atoms with Crippen LogP contribution in [0.15, 0.2) is 48.5 Å². The van der Waals surface area contributed by atoms with Gasteiger partial charge in [0.2, 0.25) is 21.8 Å². The molecule has 1 atom stereocenters. The van der Waals surface area contributed by atoms with Gasteiger partial charge in [0.05, 0.1) is 16.9 Å². The van der Waals surface area contributed by atoms with Crippen LogP contribution in [-0.4, -0.2) is 54.9 Å². The van der Waals surface area contributed by atoms with E-state index in [9.17, 15) is 28.1 Å². The fourth-order valence-corrected chi connectivity index (χ4v) is 5.08. The van der Waals surface area contributed by atoms with Crippen molar-refractivity contribution >= 4 is 33.2 Å². The second-order valence-corrected chi connectivity index (χ2v) is 11.1. The quantitative estimate of drug-likeness (QED) is 0.381. The maximum absolute atomic E-state index is 13.6. The number of aryl methyl sites for hydroxylation is 1. The summed E-state index contributed by atoms with van der Waals surface area (Å²) in [6.45, 7) is 3.06. The predicted molar refractivity (Wildman–Crippen MR) is 137 cm³/mol. The van der Waals surface area contributed by atoms with Gasteiger partial charge in [0.15, 0.2) is 0 Å². The Morgan fingerprint density at radius 3 is 2.36 bits per heavy atom. The van der Waals surface area contributed by atoms with Crippen molar-refractivity contribution in [2.24, 2.45) is 0 Å². The van der Waals surface area contributed by atoms with Gasteiger partial charge in [0.1, 0.15) is 12.6 Å². The van der Waals surface area contributed by atoms with Crippen molar-refractivity contribution in [2.75, 3.05) is 17.1 Å². The molecule has 36 heavy (non-hydrogen) atoms. The van der Waals surface area contributed by atoms with Gasteiger partial charge in [-0.2, -0.15) is 0 Å². The molecule has 0 spiro atoms. The lowest BCUT2D eigenvalue weighted by molar-refractivity contribution is -0.384. The molecule has 0 saturated heterocycles. The third kappa shape index (κ3) is 7.03. The molecule has 194 valence electrons. The van der Waals surface area contributed by atoms with Gasteiger partial charge in [-0.05, 0) is 38.3 Å². The van der Waals surface area contributed by atoms with Gasteiger partial charge in [0.25, 0.3) is 5.69 Å². The largest absolute Gasteiger partial charge is 0.352 e. The number of amides is 2. The summed E-state index contributed by atoms with van der Waals surface area (Å²) in [7, 11) is -3.97. The van der Waals surface area contributed by atoms with Gasteiger partial charge in [-0.15, -0.1) is 0 Å². The number of hydrogen-bond donors (Lipinski definition) is 1. The average Bonchev–Trinajstić information content (AvgIpc) is 3.34. The zero-order chi connectivity index (χ0) is 26.5. The minimum absolute atomic E-state index is 0.00149. The zero-order valence-corrected chi connectivity index (χ0v) is 21.5. The third-order valence-corrected chi connectivity index (χ3v) is 7.49. The Labute approximate surface area is 211 Å². The normalized spacial score (nSPS) is 14.8. The molecule has 0 aromatic heterocycles. The molecule has 1 aliphatic carbocycles. The van der Waals surface area contributed by atoms with Gasteiger partial charge in [-0.3, -0.25) is 24.0 Å². The molecule has 2 aromatic rings. The summed E-state index contributed by atoms with van der Waals surface area (Å²) >= 11 is 0. The number of rotatable bonds is 10. The highest BCUT2D eigenvalue weighted by Crippen LogP contribution is 2.24. The molecule has 0 unspecified atom stereocenters. The second-order valence-electron chi connectivity index (χ2n) is 9.22. The summed E-state index contributed by atoms with van der Waals surface area (Å²) in [6.07, 6.45) is 4.79. The minimum Gasteiger partial charge on any atom is -0.352 e. The van der Waals surface area contributed by atoms with E-state index in [-0.39, 0.29) is 29.9 Å². The topological polar surface area (TPSA) is 130 Å². The van der Waals surface area contributed by atoms with Crippen LogP contribution in [0.5, 0.6) is 0 Å². The molecular formula is C25H32N4O6S. The van der Waals surface area contributed by atoms with E-state index in [1.807, 2.05) is 31.2 Å². The predicted octanol–water partition coefficient (Wildman–Crippen LogP) is 3.15. The number of nitro groups is 1. The summed E-state index contributed by atoms with van der Waals surface area (Å²) in [6, 6.07) is 11.8. The van der Waals surface area contributed by atoms with E-state index < -0.39 is 33.4 Å². The van der Waals surface area contributed by atoms with Crippen LogP contribution >= 0.6 is 0 Å². The van der Waals surface area contributed by atoms with Crippen LogP contribution in [0.1, 0.15) is 43.7 Å². The first-order valence-electron chi connectivity index (χ1n) is 11.8. The Hall–Kier alpha value is -3.47. The number of nitro benzene ring substituents is 1. The monoisotopic (exact) mass is 516 g/mol. The van der Waals surface area contributed by atoms with Gasteiger partial charge in [0, 0.05) is 24.7 Å². The van der Waals surface area contributed by atoms with Crippen LogP contribution in [0.25, 0.3) is 0 Å². The van der Waals surface area contributed by atoms with Crippen LogP contribution in [0.2, 0.25) is 0 Å². The van der Waals surface area contributed by atoms with Gasteiger partial charge in [-0.25, -0.2) is 8.42 Å². The molecule has 0 bridgehead atoms. The maximum atomic E-state index is 13.6. The summed E-state index contributed by atoms with van der Waals surface area (Å²) in [4.78, 5) is 38.5. The second kappa shape index (κ2) is 11.5. The van der Waals surface area contributed by atoms with E-state index >= 15 is 0 Å². The number of non-ortho nitro benzene ring substituents is 1. The number of nitrogens with one attached hydrogen (secondary N) is 1. The van der Waals surface area contributed by atoms with E-state index in [1.165, 1.54) is 23.1 Å². The van der Waals surface area contributed by atoms with Crippen LogP contribution in [-0.2, 0) is 26.2 Å². The van der Waals surface area contributed by atoms with E-state index in [1.54, 1.807) is 6.92 Å². The number of carbonyl (C=O) groups is 2. The Bertz CT molecular complexity index is 1210. The lowest BCUT2D eigenvalue weighted by Gasteiger charge is -2.32. The Balaban J connectivity index is 1.90. The van der Waals surface area contributed by atoms with Crippen molar-refractivity contribution in [3.05, 3.63) is 69.8 Å².